The van der Waals surface area contributed by atoms with Gasteiger partial charge in [0.15, 0.2) is 0 Å². The van der Waals surface area contributed by atoms with Crippen molar-refractivity contribution in [3.05, 3.63) is 60.2 Å². The Balaban J connectivity index is 1.74. The smallest absolute Gasteiger partial charge is 0.0208 e. The van der Waals surface area contributed by atoms with Crippen LogP contribution in [0.4, 0.5) is 0 Å². The average molecular weight is 318 g/mol. The Hall–Kier alpha value is -0.900. The minimum Gasteiger partial charge on any atom is -0.310 e. The lowest BCUT2D eigenvalue weighted by Gasteiger charge is -2.09. The summed E-state index contributed by atoms with van der Waals surface area (Å²) in [6, 6.07) is 20.0. The van der Waals surface area contributed by atoms with Crippen molar-refractivity contribution >= 4 is 23.5 Å². The van der Waals surface area contributed by atoms with Gasteiger partial charge in [-0.3, -0.25) is 0 Å². The molecule has 0 saturated carbocycles. The van der Waals surface area contributed by atoms with Gasteiger partial charge in [-0.1, -0.05) is 44.2 Å². The molecule has 1 nitrogen and oxygen atoms in total. The third kappa shape index (κ3) is 6.60. The van der Waals surface area contributed by atoms with Crippen LogP contribution < -0.4 is 5.32 Å². The predicted molar refractivity (Wildman–Crippen MR) is 96.3 cm³/mol. The van der Waals surface area contributed by atoms with E-state index in [1.165, 1.54) is 15.4 Å². The topological polar surface area (TPSA) is 12.0 Å². The van der Waals surface area contributed by atoms with Gasteiger partial charge >= 0.3 is 0 Å². The third-order valence-corrected chi connectivity index (χ3v) is 5.24. The highest BCUT2D eigenvalue weighted by molar-refractivity contribution is 8.03. The SMILES string of the molecule is CC(C)NCc1cccc(SCCSc2ccccc2)c1. The van der Waals surface area contributed by atoms with E-state index < -0.39 is 0 Å². The van der Waals surface area contributed by atoms with Crippen molar-refractivity contribution in [2.24, 2.45) is 0 Å². The first kappa shape index (κ1) is 16.5. The van der Waals surface area contributed by atoms with E-state index >= 15 is 0 Å². The van der Waals surface area contributed by atoms with E-state index in [0.717, 1.165) is 18.1 Å². The number of benzene rings is 2. The molecule has 0 fully saturated rings. The molecule has 0 heterocycles. The van der Waals surface area contributed by atoms with Gasteiger partial charge in [-0.2, -0.15) is 0 Å². The fraction of sp³-hybridized carbons (Fsp3) is 0.333. The van der Waals surface area contributed by atoms with Gasteiger partial charge in [-0.05, 0) is 29.8 Å². The van der Waals surface area contributed by atoms with Gasteiger partial charge in [-0.25, -0.2) is 0 Å². The van der Waals surface area contributed by atoms with Crippen molar-refractivity contribution in [1.29, 1.82) is 0 Å². The van der Waals surface area contributed by atoms with Crippen LogP contribution in [-0.4, -0.2) is 17.5 Å². The van der Waals surface area contributed by atoms with Crippen molar-refractivity contribution in [3.63, 3.8) is 0 Å². The van der Waals surface area contributed by atoms with Gasteiger partial charge in [0.25, 0.3) is 0 Å². The van der Waals surface area contributed by atoms with Crippen molar-refractivity contribution in [3.8, 4) is 0 Å². The molecule has 0 aliphatic carbocycles. The summed E-state index contributed by atoms with van der Waals surface area (Å²) in [6.07, 6.45) is 0. The number of hydrogen-bond donors (Lipinski definition) is 1. The quantitative estimate of drug-likeness (QED) is 0.539. The summed E-state index contributed by atoms with van der Waals surface area (Å²) in [5.41, 5.74) is 1.37. The summed E-state index contributed by atoms with van der Waals surface area (Å²) in [6.45, 7) is 5.31. The molecule has 0 atom stereocenters. The van der Waals surface area contributed by atoms with E-state index in [1.54, 1.807) is 0 Å². The molecule has 0 unspecified atom stereocenters. The zero-order chi connectivity index (χ0) is 14.9. The zero-order valence-corrected chi connectivity index (χ0v) is 14.3. The second kappa shape index (κ2) is 9.19. The Labute approximate surface area is 136 Å². The lowest BCUT2D eigenvalue weighted by atomic mass is 10.2. The van der Waals surface area contributed by atoms with Crippen LogP contribution in [-0.2, 0) is 6.54 Å². The van der Waals surface area contributed by atoms with Gasteiger partial charge in [0.1, 0.15) is 0 Å². The van der Waals surface area contributed by atoms with Gasteiger partial charge < -0.3 is 5.32 Å². The normalized spacial score (nSPS) is 11.0. The number of nitrogens with one attached hydrogen (secondary N) is 1. The van der Waals surface area contributed by atoms with Crippen LogP contribution in [0.3, 0.4) is 0 Å². The monoisotopic (exact) mass is 317 g/mol. The number of rotatable bonds is 8. The Morgan fingerprint density at radius 3 is 2.24 bits per heavy atom. The largest absolute Gasteiger partial charge is 0.310 e. The number of thioether (sulfide) groups is 2. The van der Waals surface area contributed by atoms with Crippen LogP contribution in [0.2, 0.25) is 0 Å². The summed E-state index contributed by atoms with van der Waals surface area (Å²) >= 11 is 3.86. The van der Waals surface area contributed by atoms with E-state index in [0.29, 0.717) is 6.04 Å². The fourth-order valence-electron chi connectivity index (χ4n) is 1.90. The second-order valence-electron chi connectivity index (χ2n) is 5.19. The van der Waals surface area contributed by atoms with Gasteiger partial charge in [-0.15, -0.1) is 23.5 Å². The molecule has 0 radical (unpaired) electrons. The molecule has 2 aromatic rings. The molecule has 0 aromatic heterocycles. The van der Waals surface area contributed by atoms with Gasteiger partial charge in [0.05, 0.1) is 0 Å². The summed E-state index contributed by atoms with van der Waals surface area (Å²) in [5.74, 6) is 2.28. The van der Waals surface area contributed by atoms with Gasteiger partial charge in [0, 0.05) is 33.9 Å². The van der Waals surface area contributed by atoms with Crippen LogP contribution in [0, 0.1) is 0 Å². The first-order chi connectivity index (χ1) is 10.2. The van der Waals surface area contributed by atoms with Crippen LogP contribution in [0.15, 0.2) is 64.4 Å². The standard InChI is InChI=1S/C18H23NS2/c1-15(2)19-14-16-7-6-10-18(13-16)21-12-11-20-17-8-4-3-5-9-17/h3-10,13,15,19H,11-12,14H2,1-2H3. The lowest BCUT2D eigenvalue weighted by Crippen LogP contribution is -2.21. The summed E-state index contributed by atoms with van der Waals surface area (Å²) in [5, 5.41) is 3.46. The van der Waals surface area contributed by atoms with Crippen LogP contribution in [0.5, 0.6) is 0 Å². The molecule has 3 heteroatoms. The first-order valence-corrected chi connectivity index (χ1v) is 9.34. The highest BCUT2D eigenvalue weighted by Crippen LogP contribution is 2.23. The Bertz CT molecular complexity index is 526. The van der Waals surface area contributed by atoms with E-state index in [4.69, 9.17) is 0 Å². The molecule has 0 saturated heterocycles. The minimum atomic E-state index is 0.531. The molecule has 21 heavy (non-hydrogen) atoms. The highest BCUT2D eigenvalue weighted by Gasteiger charge is 1.99. The minimum absolute atomic E-state index is 0.531. The maximum absolute atomic E-state index is 3.46. The first-order valence-electron chi connectivity index (χ1n) is 7.37. The van der Waals surface area contributed by atoms with E-state index in [-0.39, 0.29) is 0 Å². The maximum Gasteiger partial charge on any atom is 0.0208 e. The van der Waals surface area contributed by atoms with Crippen LogP contribution in [0.25, 0.3) is 0 Å². The van der Waals surface area contributed by atoms with Crippen molar-refractivity contribution in [2.75, 3.05) is 11.5 Å². The fourth-order valence-corrected chi connectivity index (χ4v) is 3.80. The Kier molecular flexibility index (Phi) is 7.20. The maximum atomic E-state index is 3.46. The van der Waals surface area contributed by atoms with Crippen molar-refractivity contribution < 1.29 is 0 Å². The molecular weight excluding hydrogens is 294 g/mol. The molecule has 0 bridgehead atoms. The molecule has 1 N–H and O–H groups in total. The molecular formula is C18H23NS2. The Morgan fingerprint density at radius 2 is 1.52 bits per heavy atom. The summed E-state index contributed by atoms with van der Waals surface area (Å²) < 4.78 is 0. The van der Waals surface area contributed by atoms with Crippen molar-refractivity contribution in [2.45, 2.75) is 36.2 Å². The summed E-state index contributed by atoms with van der Waals surface area (Å²) in [7, 11) is 0. The van der Waals surface area contributed by atoms with Crippen LogP contribution >= 0.6 is 23.5 Å². The second-order valence-corrected chi connectivity index (χ2v) is 7.53. The van der Waals surface area contributed by atoms with E-state index in [2.05, 4.69) is 73.8 Å². The molecule has 0 spiro atoms. The average Bonchev–Trinajstić information content (AvgIpc) is 2.51. The number of hydrogen-bond acceptors (Lipinski definition) is 3. The van der Waals surface area contributed by atoms with E-state index in [1.807, 2.05) is 23.5 Å². The molecule has 2 rings (SSSR count). The third-order valence-electron chi connectivity index (χ3n) is 2.98. The summed E-state index contributed by atoms with van der Waals surface area (Å²) in [4.78, 5) is 2.72. The molecule has 0 amide bonds. The predicted octanol–water partition coefficient (Wildman–Crippen LogP) is 5.07. The van der Waals surface area contributed by atoms with Crippen LogP contribution in [0.1, 0.15) is 19.4 Å². The molecule has 0 aliphatic rings. The lowest BCUT2D eigenvalue weighted by molar-refractivity contribution is 0.588. The Morgan fingerprint density at radius 1 is 0.857 bits per heavy atom. The zero-order valence-electron chi connectivity index (χ0n) is 12.7. The van der Waals surface area contributed by atoms with Gasteiger partial charge in [0.2, 0.25) is 0 Å². The van der Waals surface area contributed by atoms with Crippen molar-refractivity contribution in [1.82, 2.24) is 5.32 Å². The molecule has 112 valence electrons. The molecule has 2 aromatic carbocycles. The molecule has 0 aliphatic heterocycles. The van der Waals surface area contributed by atoms with E-state index in [9.17, 15) is 0 Å². The highest BCUT2D eigenvalue weighted by atomic mass is 32.2.